The minimum atomic E-state index is -0.293. The molecule has 2 aromatic carbocycles. The average molecular weight is 428 g/mol. The van der Waals surface area contributed by atoms with Gasteiger partial charge in [-0.25, -0.2) is 4.39 Å². The van der Waals surface area contributed by atoms with Gasteiger partial charge in [-0.15, -0.1) is 0 Å². The number of benzene rings is 2. The Morgan fingerprint density at radius 1 is 0.839 bits per heavy atom. The molecule has 2 aromatic rings. The van der Waals surface area contributed by atoms with Crippen LogP contribution < -0.4 is 9.47 Å². The predicted molar refractivity (Wildman–Crippen MR) is 120 cm³/mol. The normalized spacial score (nSPS) is 13.6. The predicted octanol–water partition coefficient (Wildman–Crippen LogP) is 4.87. The third kappa shape index (κ3) is 5.93. The molecule has 0 aliphatic carbocycles. The molecule has 1 aliphatic rings. The number of aryl methyl sites for hydroxylation is 2. The van der Waals surface area contributed by atoms with Crippen molar-refractivity contribution in [2.24, 2.45) is 4.99 Å². The number of nitrogens with zero attached hydrogens (tertiary/aromatic N) is 1. The van der Waals surface area contributed by atoms with Crippen molar-refractivity contribution in [2.45, 2.75) is 26.7 Å². The molecule has 166 valence electrons. The Balaban J connectivity index is 2.11. The molecular formula is C25H30FNO4. The van der Waals surface area contributed by atoms with E-state index in [9.17, 15) is 4.39 Å². The number of aliphatic imine (C=N–C) groups is 1. The third-order valence-electron chi connectivity index (χ3n) is 5.10. The molecule has 0 atom stereocenters. The molecule has 0 spiro atoms. The van der Waals surface area contributed by atoms with Crippen molar-refractivity contribution in [1.29, 1.82) is 0 Å². The Morgan fingerprint density at radius 3 is 2.16 bits per heavy atom. The van der Waals surface area contributed by atoms with Crippen LogP contribution in [0.4, 0.5) is 4.39 Å². The SMILES string of the molecule is COCCOc1cc2c(cc1OCCOC)C(c1ccc(C)cc1F)=NC=C(C)CC2. The zero-order valence-corrected chi connectivity index (χ0v) is 18.7. The number of methoxy groups -OCH3 is 2. The molecule has 0 N–H and O–H groups in total. The molecule has 31 heavy (non-hydrogen) atoms. The highest BCUT2D eigenvalue weighted by atomic mass is 19.1. The first-order chi connectivity index (χ1) is 15.0. The first kappa shape index (κ1) is 23.0. The van der Waals surface area contributed by atoms with E-state index in [0.29, 0.717) is 49.2 Å². The second kappa shape index (κ2) is 11.1. The summed E-state index contributed by atoms with van der Waals surface area (Å²) in [5.74, 6) is 0.921. The van der Waals surface area contributed by atoms with Crippen LogP contribution >= 0.6 is 0 Å². The van der Waals surface area contributed by atoms with E-state index in [1.807, 2.05) is 38.2 Å². The van der Waals surface area contributed by atoms with E-state index in [0.717, 1.165) is 35.1 Å². The first-order valence-electron chi connectivity index (χ1n) is 10.4. The molecule has 6 heteroatoms. The lowest BCUT2D eigenvalue weighted by atomic mass is 9.91. The number of hydrogen-bond donors (Lipinski definition) is 0. The van der Waals surface area contributed by atoms with Crippen LogP contribution in [0.1, 0.15) is 35.6 Å². The van der Waals surface area contributed by atoms with E-state index in [2.05, 4.69) is 4.99 Å². The van der Waals surface area contributed by atoms with Crippen LogP contribution in [0.3, 0.4) is 0 Å². The minimum Gasteiger partial charge on any atom is -0.487 e. The van der Waals surface area contributed by atoms with Crippen molar-refractivity contribution in [3.63, 3.8) is 0 Å². The van der Waals surface area contributed by atoms with E-state index >= 15 is 0 Å². The molecule has 1 heterocycles. The van der Waals surface area contributed by atoms with E-state index in [1.165, 1.54) is 6.07 Å². The maximum absolute atomic E-state index is 14.9. The van der Waals surface area contributed by atoms with E-state index in [1.54, 1.807) is 20.3 Å². The summed E-state index contributed by atoms with van der Waals surface area (Å²) in [5, 5.41) is 0. The number of ether oxygens (including phenoxy) is 4. The Hall–Kier alpha value is -2.70. The van der Waals surface area contributed by atoms with Crippen molar-refractivity contribution in [3.05, 3.63) is 70.2 Å². The quantitative estimate of drug-likeness (QED) is 0.536. The summed E-state index contributed by atoms with van der Waals surface area (Å²) in [7, 11) is 3.26. The van der Waals surface area contributed by atoms with Gasteiger partial charge in [0.2, 0.25) is 0 Å². The topological polar surface area (TPSA) is 49.3 Å². The summed E-state index contributed by atoms with van der Waals surface area (Å²) in [6.45, 7) is 5.61. The molecule has 3 rings (SSSR count). The van der Waals surface area contributed by atoms with Crippen LogP contribution in [0.25, 0.3) is 0 Å². The van der Waals surface area contributed by atoms with Gasteiger partial charge in [0.05, 0.1) is 18.9 Å². The van der Waals surface area contributed by atoms with E-state index in [-0.39, 0.29) is 5.82 Å². The Bertz CT molecular complexity index is 968. The second-order valence-electron chi connectivity index (χ2n) is 7.58. The molecule has 0 aromatic heterocycles. The standard InChI is InChI=1S/C25H30FNO4/c1-17-6-8-20(22(26)13-17)25-21-15-24(31-12-10-29-4)23(30-11-9-28-3)14-19(21)7-5-18(2)16-27-25/h6,8,13-16H,5,7,9-12H2,1-4H3. The van der Waals surface area contributed by atoms with Gasteiger partial charge in [-0.2, -0.15) is 0 Å². The minimum absolute atomic E-state index is 0.293. The van der Waals surface area contributed by atoms with Crippen molar-refractivity contribution in [1.82, 2.24) is 0 Å². The fourth-order valence-electron chi connectivity index (χ4n) is 3.39. The second-order valence-corrected chi connectivity index (χ2v) is 7.58. The van der Waals surface area contributed by atoms with Crippen molar-refractivity contribution in [3.8, 4) is 11.5 Å². The van der Waals surface area contributed by atoms with Crippen LogP contribution in [0, 0.1) is 12.7 Å². The Morgan fingerprint density at radius 2 is 1.52 bits per heavy atom. The summed E-state index contributed by atoms with van der Waals surface area (Å²) in [4.78, 5) is 4.68. The fraction of sp³-hybridized carbons (Fsp3) is 0.400. The van der Waals surface area contributed by atoms with Crippen LogP contribution in [0.2, 0.25) is 0 Å². The van der Waals surface area contributed by atoms with E-state index < -0.39 is 0 Å². The lowest BCUT2D eigenvalue weighted by molar-refractivity contribution is 0.132. The summed E-state index contributed by atoms with van der Waals surface area (Å²) in [6, 6.07) is 9.10. The highest BCUT2D eigenvalue weighted by molar-refractivity contribution is 6.14. The van der Waals surface area contributed by atoms with Gasteiger partial charge in [0.15, 0.2) is 11.5 Å². The van der Waals surface area contributed by atoms with Gasteiger partial charge < -0.3 is 18.9 Å². The number of halogens is 1. The molecular weight excluding hydrogens is 397 g/mol. The number of fused-ring (bicyclic) bond motifs is 1. The highest BCUT2D eigenvalue weighted by Gasteiger charge is 2.21. The van der Waals surface area contributed by atoms with Crippen molar-refractivity contribution < 1.29 is 23.3 Å². The molecule has 0 unspecified atom stereocenters. The highest BCUT2D eigenvalue weighted by Crippen LogP contribution is 2.35. The number of rotatable bonds is 9. The molecule has 0 bridgehead atoms. The monoisotopic (exact) mass is 427 g/mol. The van der Waals surface area contributed by atoms with E-state index in [4.69, 9.17) is 18.9 Å². The maximum Gasteiger partial charge on any atom is 0.161 e. The molecule has 5 nitrogen and oxygen atoms in total. The van der Waals surface area contributed by atoms with Gasteiger partial charge in [-0.05, 0) is 62.1 Å². The van der Waals surface area contributed by atoms with Gasteiger partial charge in [-0.1, -0.05) is 11.6 Å². The van der Waals surface area contributed by atoms with Gasteiger partial charge in [-0.3, -0.25) is 4.99 Å². The average Bonchev–Trinajstić information content (AvgIpc) is 2.74. The summed E-state index contributed by atoms with van der Waals surface area (Å²) >= 11 is 0. The first-order valence-corrected chi connectivity index (χ1v) is 10.4. The van der Waals surface area contributed by atoms with Crippen LogP contribution in [0.15, 0.2) is 47.1 Å². The van der Waals surface area contributed by atoms with Gasteiger partial charge in [0.25, 0.3) is 0 Å². The maximum atomic E-state index is 14.9. The molecule has 0 fully saturated rings. The molecule has 0 saturated heterocycles. The summed E-state index contributed by atoms with van der Waals surface area (Å²) < 4.78 is 37.0. The van der Waals surface area contributed by atoms with Gasteiger partial charge >= 0.3 is 0 Å². The van der Waals surface area contributed by atoms with Crippen LogP contribution in [-0.2, 0) is 15.9 Å². The Labute approximate surface area is 183 Å². The number of hydrogen-bond acceptors (Lipinski definition) is 5. The summed E-state index contributed by atoms with van der Waals surface area (Å²) in [6.07, 6.45) is 3.48. The summed E-state index contributed by atoms with van der Waals surface area (Å²) in [5.41, 5.74) is 4.94. The molecule has 0 amide bonds. The molecule has 0 radical (unpaired) electrons. The third-order valence-corrected chi connectivity index (χ3v) is 5.10. The lowest BCUT2D eigenvalue weighted by Crippen LogP contribution is -2.14. The van der Waals surface area contributed by atoms with Gasteiger partial charge in [0.1, 0.15) is 19.0 Å². The van der Waals surface area contributed by atoms with Crippen LogP contribution in [-0.4, -0.2) is 46.4 Å². The molecule has 1 aliphatic heterocycles. The zero-order chi connectivity index (χ0) is 22.2. The smallest absolute Gasteiger partial charge is 0.161 e. The van der Waals surface area contributed by atoms with Gasteiger partial charge in [0, 0.05) is 31.5 Å². The fourth-order valence-corrected chi connectivity index (χ4v) is 3.39. The van der Waals surface area contributed by atoms with Crippen LogP contribution in [0.5, 0.6) is 11.5 Å². The largest absolute Gasteiger partial charge is 0.487 e. The van der Waals surface area contributed by atoms with Crippen molar-refractivity contribution in [2.75, 3.05) is 40.6 Å². The lowest BCUT2D eigenvalue weighted by Gasteiger charge is -2.20. The Kier molecular flexibility index (Phi) is 8.20. The molecule has 0 saturated carbocycles. The zero-order valence-electron chi connectivity index (χ0n) is 18.7. The van der Waals surface area contributed by atoms with Crippen molar-refractivity contribution >= 4 is 5.71 Å². The number of allylic oxidation sites excluding steroid dienone is 1.